The van der Waals surface area contributed by atoms with Gasteiger partial charge in [0.25, 0.3) is 0 Å². The number of rotatable bonds is 5. The van der Waals surface area contributed by atoms with Crippen LogP contribution in [0.5, 0.6) is 0 Å². The number of aliphatic hydroxyl groups is 1. The third-order valence-corrected chi connectivity index (χ3v) is 2.22. The zero-order chi connectivity index (χ0) is 9.68. The Morgan fingerprint density at radius 3 is 3.08 bits per heavy atom. The molecule has 1 heterocycles. The molecule has 2 atom stereocenters. The normalized spacial score (nSPS) is 24.5. The van der Waals surface area contributed by atoms with Gasteiger partial charge in [0.2, 0.25) is 5.91 Å². The van der Waals surface area contributed by atoms with E-state index in [4.69, 9.17) is 10.8 Å². The Balaban J connectivity index is 2.02. The molecule has 1 saturated heterocycles. The number of carbonyl (C=O) groups is 1. The molecule has 0 aromatic rings. The van der Waals surface area contributed by atoms with E-state index in [1.54, 1.807) is 0 Å². The van der Waals surface area contributed by atoms with Crippen LogP contribution in [0.4, 0.5) is 0 Å². The fourth-order valence-corrected chi connectivity index (χ4v) is 1.43. The van der Waals surface area contributed by atoms with Crippen molar-refractivity contribution in [3.05, 3.63) is 0 Å². The maximum atomic E-state index is 10.4. The monoisotopic (exact) mass is 187 g/mol. The molecule has 0 aliphatic carbocycles. The van der Waals surface area contributed by atoms with Crippen LogP contribution in [-0.2, 0) is 4.79 Å². The Morgan fingerprint density at radius 1 is 1.77 bits per heavy atom. The van der Waals surface area contributed by atoms with Gasteiger partial charge in [-0.1, -0.05) is 0 Å². The zero-order valence-electron chi connectivity index (χ0n) is 7.62. The van der Waals surface area contributed by atoms with Crippen LogP contribution in [0, 0.1) is 0 Å². The molecule has 5 nitrogen and oxygen atoms in total. The average Bonchev–Trinajstić information content (AvgIpc) is 2.56. The number of primary amides is 1. The van der Waals surface area contributed by atoms with Gasteiger partial charge in [-0.25, -0.2) is 0 Å². The highest BCUT2D eigenvalue weighted by atomic mass is 16.3. The van der Waals surface area contributed by atoms with Crippen molar-refractivity contribution in [2.45, 2.75) is 25.0 Å². The van der Waals surface area contributed by atoms with Crippen molar-refractivity contribution in [2.75, 3.05) is 19.6 Å². The number of carbonyl (C=O) groups excluding carboxylic acids is 1. The van der Waals surface area contributed by atoms with Crippen LogP contribution in [0.1, 0.15) is 12.8 Å². The molecule has 5 heteroatoms. The molecule has 0 spiro atoms. The van der Waals surface area contributed by atoms with E-state index in [9.17, 15) is 4.79 Å². The quantitative estimate of drug-likeness (QED) is 0.408. The highest BCUT2D eigenvalue weighted by Gasteiger charge is 2.15. The summed E-state index contributed by atoms with van der Waals surface area (Å²) in [5, 5.41) is 15.3. The maximum Gasteiger partial charge on any atom is 0.247 e. The van der Waals surface area contributed by atoms with Crippen molar-refractivity contribution in [1.82, 2.24) is 10.6 Å². The number of hydrogen-bond donors (Lipinski definition) is 4. The van der Waals surface area contributed by atoms with Gasteiger partial charge in [0, 0.05) is 19.1 Å². The minimum absolute atomic E-state index is 0.244. The summed E-state index contributed by atoms with van der Waals surface area (Å²) in [6.07, 6.45) is 1.28. The number of hydrogen-bond acceptors (Lipinski definition) is 4. The molecular formula is C8H17N3O2. The topological polar surface area (TPSA) is 87.4 Å². The van der Waals surface area contributed by atoms with Gasteiger partial charge in [-0.2, -0.15) is 0 Å². The molecule has 1 aliphatic heterocycles. The second-order valence-electron chi connectivity index (χ2n) is 3.37. The lowest BCUT2D eigenvalue weighted by Gasteiger charge is -2.12. The summed E-state index contributed by atoms with van der Waals surface area (Å²) < 4.78 is 0. The minimum Gasteiger partial charge on any atom is -0.382 e. The first-order valence-electron chi connectivity index (χ1n) is 4.61. The Morgan fingerprint density at radius 2 is 2.54 bits per heavy atom. The van der Waals surface area contributed by atoms with Gasteiger partial charge in [0.05, 0.1) is 0 Å². The number of amides is 1. The highest BCUT2D eigenvalue weighted by Crippen LogP contribution is 2.02. The van der Waals surface area contributed by atoms with Crippen molar-refractivity contribution in [3.8, 4) is 0 Å². The predicted octanol–water partition coefficient (Wildman–Crippen LogP) is -1.83. The van der Waals surface area contributed by atoms with Crippen LogP contribution in [0.3, 0.4) is 0 Å². The van der Waals surface area contributed by atoms with Crippen LogP contribution in [-0.4, -0.2) is 42.8 Å². The van der Waals surface area contributed by atoms with Crippen molar-refractivity contribution in [2.24, 2.45) is 5.73 Å². The molecule has 0 bridgehead atoms. The van der Waals surface area contributed by atoms with Gasteiger partial charge in [-0.15, -0.1) is 0 Å². The van der Waals surface area contributed by atoms with E-state index in [2.05, 4.69) is 10.6 Å². The number of nitrogens with two attached hydrogens (primary N) is 1. The third-order valence-electron chi connectivity index (χ3n) is 2.22. The lowest BCUT2D eigenvalue weighted by atomic mass is 10.2. The van der Waals surface area contributed by atoms with Crippen LogP contribution < -0.4 is 16.4 Å². The molecule has 13 heavy (non-hydrogen) atoms. The van der Waals surface area contributed by atoms with E-state index in [-0.39, 0.29) is 6.54 Å². The molecule has 0 saturated carbocycles. The van der Waals surface area contributed by atoms with Crippen molar-refractivity contribution >= 4 is 5.91 Å². The van der Waals surface area contributed by atoms with Crippen molar-refractivity contribution < 1.29 is 9.90 Å². The maximum absolute atomic E-state index is 10.4. The largest absolute Gasteiger partial charge is 0.382 e. The SMILES string of the molecule is NC(=O)C(O)CNCC1CCCN1. The zero-order valence-corrected chi connectivity index (χ0v) is 7.62. The molecule has 1 fully saturated rings. The summed E-state index contributed by atoms with van der Waals surface area (Å²) >= 11 is 0. The summed E-state index contributed by atoms with van der Waals surface area (Å²) in [6.45, 7) is 2.09. The van der Waals surface area contributed by atoms with Gasteiger partial charge in [-0.3, -0.25) is 4.79 Å². The summed E-state index contributed by atoms with van der Waals surface area (Å²) in [7, 11) is 0. The Hall–Kier alpha value is -0.650. The molecule has 0 radical (unpaired) electrons. The smallest absolute Gasteiger partial charge is 0.247 e. The highest BCUT2D eigenvalue weighted by molar-refractivity contribution is 5.78. The van der Waals surface area contributed by atoms with E-state index in [0.29, 0.717) is 6.04 Å². The molecule has 1 aliphatic rings. The van der Waals surface area contributed by atoms with Crippen LogP contribution >= 0.6 is 0 Å². The number of nitrogens with one attached hydrogen (secondary N) is 2. The fraction of sp³-hybridized carbons (Fsp3) is 0.875. The summed E-state index contributed by atoms with van der Waals surface area (Å²) in [5.41, 5.74) is 4.89. The van der Waals surface area contributed by atoms with Crippen molar-refractivity contribution in [3.63, 3.8) is 0 Å². The van der Waals surface area contributed by atoms with E-state index >= 15 is 0 Å². The van der Waals surface area contributed by atoms with Gasteiger partial charge >= 0.3 is 0 Å². The third kappa shape index (κ3) is 3.71. The molecular weight excluding hydrogens is 170 g/mol. The van der Waals surface area contributed by atoms with Crippen LogP contribution in [0.25, 0.3) is 0 Å². The lowest BCUT2D eigenvalue weighted by molar-refractivity contribution is -0.125. The van der Waals surface area contributed by atoms with Gasteiger partial charge < -0.3 is 21.5 Å². The summed E-state index contributed by atoms with van der Waals surface area (Å²) in [5.74, 6) is -0.674. The minimum atomic E-state index is -1.07. The van der Waals surface area contributed by atoms with E-state index in [0.717, 1.165) is 19.5 Å². The van der Waals surface area contributed by atoms with E-state index in [1.807, 2.05) is 0 Å². The van der Waals surface area contributed by atoms with Gasteiger partial charge in [0.1, 0.15) is 6.10 Å². The molecule has 0 aromatic carbocycles. The molecule has 5 N–H and O–H groups in total. The fourth-order valence-electron chi connectivity index (χ4n) is 1.43. The van der Waals surface area contributed by atoms with Crippen molar-refractivity contribution in [1.29, 1.82) is 0 Å². The Labute approximate surface area is 77.7 Å². The Bertz CT molecular complexity index is 169. The van der Waals surface area contributed by atoms with Gasteiger partial charge in [-0.05, 0) is 19.4 Å². The second kappa shape index (κ2) is 5.16. The van der Waals surface area contributed by atoms with Crippen LogP contribution in [0.2, 0.25) is 0 Å². The first-order chi connectivity index (χ1) is 6.20. The molecule has 0 aromatic heterocycles. The molecule has 76 valence electrons. The van der Waals surface area contributed by atoms with E-state index in [1.165, 1.54) is 6.42 Å². The lowest BCUT2D eigenvalue weighted by Crippen LogP contribution is -2.42. The molecule has 1 amide bonds. The standard InChI is InChI=1S/C8H17N3O2/c9-8(13)7(12)5-10-4-6-2-1-3-11-6/h6-7,10-12H,1-5H2,(H2,9,13). The predicted molar refractivity (Wildman–Crippen MR) is 49.1 cm³/mol. The molecule has 2 unspecified atom stereocenters. The first-order valence-corrected chi connectivity index (χ1v) is 4.61. The number of aliphatic hydroxyl groups excluding tert-OH is 1. The Kier molecular flexibility index (Phi) is 4.14. The summed E-state index contributed by atoms with van der Waals surface area (Å²) in [6, 6.07) is 0.472. The molecule has 1 rings (SSSR count). The average molecular weight is 187 g/mol. The first kappa shape index (κ1) is 10.4. The van der Waals surface area contributed by atoms with Gasteiger partial charge in [0.15, 0.2) is 0 Å². The second-order valence-corrected chi connectivity index (χ2v) is 3.37. The van der Waals surface area contributed by atoms with Crippen LogP contribution in [0.15, 0.2) is 0 Å². The summed E-state index contributed by atoms with van der Waals surface area (Å²) in [4.78, 5) is 10.4. The van der Waals surface area contributed by atoms with E-state index < -0.39 is 12.0 Å².